The minimum atomic E-state index is -0.776. The predicted molar refractivity (Wildman–Crippen MR) is 40.1 cm³/mol. The van der Waals surface area contributed by atoms with Gasteiger partial charge in [0, 0.05) is 12.0 Å². The molecule has 1 aromatic carbocycles. The van der Waals surface area contributed by atoms with Gasteiger partial charge in [-0.15, -0.1) is 0 Å². The molecule has 0 spiro atoms. The average molecular weight is 148 g/mol. The standard InChI is InChI=1S/C9H8O2/c10-9(11)7-6-8-4-2-1-3-5-8/h1-2,4H,6-7H2,(H,10,11). The van der Waals surface area contributed by atoms with Gasteiger partial charge in [0.1, 0.15) is 0 Å². The zero-order valence-electron chi connectivity index (χ0n) is 6.00. The van der Waals surface area contributed by atoms with Gasteiger partial charge in [-0.05, 0) is 18.6 Å². The van der Waals surface area contributed by atoms with E-state index in [2.05, 4.69) is 12.1 Å². The summed E-state index contributed by atoms with van der Waals surface area (Å²) in [5.41, 5.74) is 0.898. The van der Waals surface area contributed by atoms with Crippen LogP contribution >= 0.6 is 0 Å². The predicted octanol–water partition coefficient (Wildman–Crippen LogP) is 1.30. The molecule has 0 fully saturated rings. The molecule has 2 nitrogen and oxygen atoms in total. The van der Waals surface area contributed by atoms with Gasteiger partial charge in [0.2, 0.25) is 0 Å². The Morgan fingerprint density at radius 3 is 3.00 bits per heavy atom. The fourth-order valence-electron chi connectivity index (χ4n) is 0.776. The summed E-state index contributed by atoms with van der Waals surface area (Å²) in [6.45, 7) is 0. The average Bonchev–Trinajstić information content (AvgIpc) is 2.03. The van der Waals surface area contributed by atoms with Crippen molar-refractivity contribution >= 4 is 5.97 Å². The van der Waals surface area contributed by atoms with Crippen molar-refractivity contribution in [3.8, 4) is 0 Å². The van der Waals surface area contributed by atoms with E-state index in [1.807, 2.05) is 12.1 Å². The highest BCUT2D eigenvalue weighted by molar-refractivity contribution is 5.66. The summed E-state index contributed by atoms with van der Waals surface area (Å²) in [7, 11) is 0. The molecule has 0 aromatic heterocycles. The molecule has 0 bridgehead atoms. The summed E-state index contributed by atoms with van der Waals surface area (Å²) in [6, 6.07) is 11.0. The van der Waals surface area contributed by atoms with Crippen LogP contribution in [0.1, 0.15) is 12.0 Å². The third kappa shape index (κ3) is 2.72. The number of hydrogen-bond donors (Lipinski definition) is 1. The van der Waals surface area contributed by atoms with Gasteiger partial charge in [-0.1, -0.05) is 18.2 Å². The highest BCUT2D eigenvalue weighted by Crippen LogP contribution is 1.97. The van der Waals surface area contributed by atoms with Crippen molar-refractivity contribution in [3.63, 3.8) is 0 Å². The van der Waals surface area contributed by atoms with Crippen molar-refractivity contribution in [2.45, 2.75) is 12.8 Å². The van der Waals surface area contributed by atoms with Crippen LogP contribution in [-0.2, 0) is 11.2 Å². The van der Waals surface area contributed by atoms with Gasteiger partial charge in [0.15, 0.2) is 0 Å². The fraction of sp³-hybridized carbons (Fsp3) is 0.222. The zero-order valence-corrected chi connectivity index (χ0v) is 6.00. The monoisotopic (exact) mass is 148 g/mol. The van der Waals surface area contributed by atoms with E-state index in [0.29, 0.717) is 6.42 Å². The van der Waals surface area contributed by atoms with Crippen molar-refractivity contribution in [3.05, 3.63) is 35.9 Å². The zero-order chi connectivity index (χ0) is 8.10. The second kappa shape index (κ2) is 3.62. The van der Waals surface area contributed by atoms with Gasteiger partial charge in [-0.2, -0.15) is 0 Å². The van der Waals surface area contributed by atoms with Crippen LogP contribution in [0, 0.1) is 12.1 Å². The summed E-state index contributed by atoms with van der Waals surface area (Å²) in [4.78, 5) is 10.1. The van der Waals surface area contributed by atoms with E-state index < -0.39 is 5.97 Å². The molecule has 2 heteroatoms. The summed E-state index contributed by atoms with van der Waals surface area (Å²) in [5, 5.41) is 8.35. The van der Waals surface area contributed by atoms with Crippen molar-refractivity contribution in [2.75, 3.05) is 0 Å². The topological polar surface area (TPSA) is 37.3 Å². The molecule has 0 aliphatic carbocycles. The van der Waals surface area contributed by atoms with Crippen molar-refractivity contribution in [1.82, 2.24) is 0 Å². The van der Waals surface area contributed by atoms with Crippen LogP contribution < -0.4 is 0 Å². The second-order valence-corrected chi connectivity index (χ2v) is 2.21. The Balaban J connectivity index is 2.45. The summed E-state index contributed by atoms with van der Waals surface area (Å²) >= 11 is 0. The van der Waals surface area contributed by atoms with Gasteiger partial charge in [-0.25, -0.2) is 0 Å². The van der Waals surface area contributed by atoms with E-state index in [9.17, 15) is 4.79 Å². The van der Waals surface area contributed by atoms with Crippen LogP contribution in [0.2, 0.25) is 0 Å². The minimum Gasteiger partial charge on any atom is -0.481 e. The number of aliphatic carboxylic acids is 1. The molecular formula is C9H8O2. The lowest BCUT2D eigenvalue weighted by Gasteiger charge is -1.91. The Bertz CT molecular complexity index is 229. The van der Waals surface area contributed by atoms with E-state index in [0.717, 1.165) is 5.56 Å². The minimum absolute atomic E-state index is 0.161. The van der Waals surface area contributed by atoms with Crippen LogP contribution in [-0.4, -0.2) is 11.1 Å². The molecule has 0 aliphatic heterocycles. The molecule has 0 radical (unpaired) electrons. The number of carboxylic acids is 1. The Labute approximate surface area is 65.5 Å². The van der Waals surface area contributed by atoms with E-state index in [4.69, 9.17) is 5.11 Å². The maximum atomic E-state index is 10.1. The van der Waals surface area contributed by atoms with Crippen molar-refractivity contribution in [2.24, 2.45) is 0 Å². The highest BCUT2D eigenvalue weighted by atomic mass is 16.4. The second-order valence-electron chi connectivity index (χ2n) is 2.21. The molecule has 0 unspecified atom stereocenters. The number of aryl methyl sites for hydroxylation is 1. The van der Waals surface area contributed by atoms with Gasteiger partial charge < -0.3 is 5.11 Å². The molecule has 1 rings (SSSR count). The Morgan fingerprint density at radius 1 is 1.64 bits per heavy atom. The van der Waals surface area contributed by atoms with Gasteiger partial charge in [0.05, 0.1) is 0 Å². The molecule has 11 heavy (non-hydrogen) atoms. The Kier molecular flexibility index (Phi) is 2.51. The third-order valence-electron chi connectivity index (χ3n) is 1.32. The van der Waals surface area contributed by atoms with E-state index in [1.54, 1.807) is 6.07 Å². The lowest BCUT2D eigenvalue weighted by molar-refractivity contribution is -0.136. The van der Waals surface area contributed by atoms with Crippen LogP contribution in [0.4, 0.5) is 0 Å². The number of rotatable bonds is 3. The van der Waals surface area contributed by atoms with Gasteiger partial charge in [0.25, 0.3) is 0 Å². The van der Waals surface area contributed by atoms with Gasteiger partial charge in [-0.3, -0.25) is 4.79 Å². The molecule has 0 atom stereocenters. The maximum absolute atomic E-state index is 10.1. The normalized spacial score (nSPS) is 8.73. The number of carboxylic acid groups (broad SMARTS) is 1. The van der Waals surface area contributed by atoms with E-state index in [-0.39, 0.29) is 6.42 Å². The first-order valence-corrected chi connectivity index (χ1v) is 3.38. The molecular weight excluding hydrogens is 140 g/mol. The van der Waals surface area contributed by atoms with Crippen molar-refractivity contribution in [1.29, 1.82) is 0 Å². The maximum Gasteiger partial charge on any atom is 0.303 e. The van der Waals surface area contributed by atoms with Crippen LogP contribution in [0.3, 0.4) is 0 Å². The van der Waals surface area contributed by atoms with Crippen LogP contribution in [0.15, 0.2) is 18.2 Å². The van der Waals surface area contributed by atoms with E-state index >= 15 is 0 Å². The quantitative estimate of drug-likeness (QED) is 0.701. The molecule has 0 aliphatic rings. The number of carbonyl (C=O) groups is 1. The molecule has 1 aromatic rings. The largest absolute Gasteiger partial charge is 0.481 e. The van der Waals surface area contributed by atoms with Crippen molar-refractivity contribution < 1.29 is 9.90 Å². The summed E-state index contributed by atoms with van der Waals surface area (Å²) in [6.07, 6.45) is 0.695. The molecule has 0 heterocycles. The molecule has 56 valence electrons. The molecule has 1 N–H and O–H groups in total. The smallest absolute Gasteiger partial charge is 0.303 e. The molecule has 0 saturated heterocycles. The first kappa shape index (κ1) is 7.62. The first-order chi connectivity index (χ1) is 5.29. The highest BCUT2D eigenvalue weighted by Gasteiger charge is 1.96. The first-order valence-electron chi connectivity index (χ1n) is 3.38. The Hall–Kier alpha value is -1.49. The van der Waals surface area contributed by atoms with Gasteiger partial charge >= 0.3 is 5.97 Å². The number of hydrogen-bond acceptors (Lipinski definition) is 1. The SMILES string of the molecule is O=C(O)CCc1c#cccc1. The van der Waals surface area contributed by atoms with Crippen LogP contribution in [0.25, 0.3) is 0 Å². The lowest BCUT2D eigenvalue weighted by Crippen LogP contribution is -1.96. The fourth-order valence-corrected chi connectivity index (χ4v) is 0.776. The van der Waals surface area contributed by atoms with Crippen LogP contribution in [0.5, 0.6) is 0 Å². The summed E-state index contributed by atoms with van der Waals surface area (Å²) < 4.78 is 0. The van der Waals surface area contributed by atoms with E-state index in [1.165, 1.54) is 0 Å². The Morgan fingerprint density at radius 2 is 2.45 bits per heavy atom. The summed E-state index contributed by atoms with van der Waals surface area (Å²) in [5.74, 6) is -0.776. The molecule has 0 saturated carbocycles. The third-order valence-corrected chi connectivity index (χ3v) is 1.32. The lowest BCUT2D eigenvalue weighted by atomic mass is 10.1. The molecule has 0 amide bonds.